The summed E-state index contributed by atoms with van der Waals surface area (Å²) < 4.78 is 32.6. The van der Waals surface area contributed by atoms with Crippen LogP contribution in [0, 0.1) is 11.6 Å². The number of benzene rings is 2. The lowest BCUT2D eigenvalue weighted by atomic mass is 10.1. The number of hydrogen-bond acceptors (Lipinski definition) is 3. The van der Waals surface area contributed by atoms with E-state index < -0.39 is 0 Å². The van der Waals surface area contributed by atoms with Crippen LogP contribution in [0.4, 0.5) is 8.78 Å². The fraction of sp³-hybridized carbons (Fsp3) is 0.200. The molecule has 1 atom stereocenters. The van der Waals surface area contributed by atoms with E-state index >= 15 is 0 Å². The summed E-state index contributed by atoms with van der Waals surface area (Å²) in [5.41, 5.74) is 1.47. The summed E-state index contributed by atoms with van der Waals surface area (Å²) in [5, 5.41) is 3.37. The van der Waals surface area contributed by atoms with Gasteiger partial charge in [-0.2, -0.15) is 0 Å². The second kappa shape index (κ2) is 9.12. The van der Waals surface area contributed by atoms with Gasteiger partial charge in [0.15, 0.2) is 11.6 Å². The van der Waals surface area contributed by atoms with Crippen LogP contribution in [0.25, 0.3) is 10.4 Å². The summed E-state index contributed by atoms with van der Waals surface area (Å²) in [6, 6.07) is 15.6. The standard InChI is InChI=1S/C20H19F2NOS.ClH/c1-13(14-7-9-19(24-2)18(22)11-14)23-12-15-8-10-20(25-15)16-5-3-4-6-17(16)21;/h3-11,13,23H,12H2,1-2H3;1H. The van der Waals surface area contributed by atoms with Crippen molar-refractivity contribution in [3.63, 3.8) is 0 Å². The van der Waals surface area contributed by atoms with E-state index in [2.05, 4.69) is 5.32 Å². The predicted molar refractivity (Wildman–Crippen MR) is 105 cm³/mol. The van der Waals surface area contributed by atoms with Crippen molar-refractivity contribution in [2.75, 3.05) is 7.11 Å². The van der Waals surface area contributed by atoms with E-state index in [0.717, 1.165) is 15.3 Å². The van der Waals surface area contributed by atoms with Crippen molar-refractivity contribution in [1.29, 1.82) is 0 Å². The second-order valence-electron chi connectivity index (χ2n) is 5.74. The van der Waals surface area contributed by atoms with Gasteiger partial charge in [0.05, 0.1) is 7.11 Å². The molecule has 0 spiro atoms. The number of rotatable bonds is 6. The maximum atomic E-state index is 13.9. The molecule has 0 amide bonds. The summed E-state index contributed by atoms with van der Waals surface area (Å²) in [6.07, 6.45) is 0. The molecule has 0 aliphatic heterocycles. The zero-order valence-corrected chi connectivity index (χ0v) is 16.1. The van der Waals surface area contributed by atoms with Crippen molar-refractivity contribution < 1.29 is 13.5 Å². The predicted octanol–water partition coefficient (Wildman–Crippen LogP) is 5.97. The van der Waals surface area contributed by atoms with Crippen LogP contribution in [0.1, 0.15) is 23.4 Å². The third kappa shape index (κ3) is 4.61. The van der Waals surface area contributed by atoms with Gasteiger partial charge in [0.2, 0.25) is 0 Å². The maximum absolute atomic E-state index is 13.9. The van der Waals surface area contributed by atoms with Gasteiger partial charge in [-0.1, -0.05) is 24.3 Å². The van der Waals surface area contributed by atoms with Gasteiger partial charge >= 0.3 is 0 Å². The smallest absolute Gasteiger partial charge is 0.165 e. The molecule has 0 fully saturated rings. The van der Waals surface area contributed by atoms with Crippen molar-refractivity contribution in [3.05, 3.63) is 76.7 Å². The lowest BCUT2D eigenvalue weighted by Gasteiger charge is -2.14. The molecule has 3 rings (SSSR count). The molecule has 0 saturated heterocycles. The lowest BCUT2D eigenvalue weighted by Crippen LogP contribution is -2.17. The molecule has 6 heteroatoms. The Morgan fingerprint density at radius 2 is 1.81 bits per heavy atom. The highest BCUT2D eigenvalue weighted by molar-refractivity contribution is 7.15. The average Bonchev–Trinajstić information content (AvgIpc) is 3.08. The van der Waals surface area contributed by atoms with Crippen LogP contribution in [-0.4, -0.2) is 7.11 Å². The van der Waals surface area contributed by atoms with E-state index in [9.17, 15) is 8.78 Å². The van der Waals surface area contributed by atoms with Gasteiger partial charge in [0.1, 0.15) is 5.82 Å². The van der Waals surface area contributed by atoms with Crippen LogP contribution in [0.15, 0.2) is 54.6 Å². The number of thiophene rings is 1. The zero-order valence-electron chi connectivity index (χ0n) is 14.5. The van der Waals surface area contributed by atoms with Crippen LogP contribution in [-0.2, 0) is 6.54 Å². The molecule has 2 aromatic carbocycles. The van der Waals surface area contributed by atoms with Crippen LogP contribution < -0.4 is 10.1 Å². The minimum absolute atomic E-state index is 0. The van der Waals surface area contributed by atoms with Crippen LogP contribution >= 0.6 is 23.7 Å². The van der Waals surface area contributed by atoms with Gasteiger partial charge in [-0.3, -0.25) is 0 Å². The normalized spacial score (nSPS) is 11.7. The van der Waals surface area contributed by atoms with Crippen molar-refractivity contribution in [2.45, 2.75) is 19.5 Å². The Morgan fingerprint density at radius 3 is 2.50 bits per heavy atom. The molecular weight excluding hydrogens is 376 g/mol. The summed E-state index contributed by atoms with van der Waals surface area (Å²) in [4.78, 5) is 2.00. The molecule has 1 unspecified atom stereocenters. The van der Waals surface area contributed by atoms with Crippen molar-refractivity contribution in [2.24, 2.45) is 0 Å². The van der Waals surface area contributed by atoms with Gasteiger partial charge < -0.3 is 10.1 Å². The van der Waals surface area contributed by atoms with Crippen molar-refractivity contribution in [3.8, 4) is 16.2 Å². The monoisotopic (exact) mass is 395 g/mol. The Morgan fingerprint density at radius 1 is 1.04 bits per heavy atom. The van der Waals surface area contributed by atoms with Crippen molar-refractivity contribution >= 4 is 23.7 Å². The zero-order chi connectivity index (χ0) is 17.8. The van der Waals surface area contributed by atoms with Crippen LogP contribution in [0.2, 0.25) is 0 Å². The summed E-state index contributed by atoms with van der Waals surface area (Å²) in [5.74, 6) is -0.346. The van der Waals surface area contributed by atoms with Crippen LogP contribution in [0.5, 0.6) is 5.75 Å². The molecule has 138 valence electrons. The molecule has 3 aromatic rings. The number of halogens is 3. The number of nitrogens with one attached hydrogen (secondary N) is 1. The van der Waals surface area contributed by atoms with Crippen LogP contribution in [0.3, 0.4) is 0 Å². The Labute approximate surface area is 162 Å². The Bertz CT molecular complexity index is 869. The number of ether oxygens (including phenoxy) is 1. The fourth-order valence-electron chi connectivity index (χ4n) is 2.60. The van der Waals surface area contributed by atoms with E-state index in [1.54, 1.807) is 29.5 Å². The molecule has 0 saturated carbocycles. The van der Waals surface area contributed by atoms with E-state index in [1.807, 2.05) is 31.2 Å². The van der Waals surface area contributed by atoms with E-state index in [0.29, 0.717) is 12.1 Å². The highest BCUT2D eigenvalue weighted by Crippen LogP contribution is 2.30. The first-order valence-corrected chi connectivity index (χ1v) is 8.80. The maximum Gasteiger partial charge on any atom is 0.165 e. The molecule has 1 aromatic heterocycles. The summed E-state index contributed by atoms with van der Waals surface area (Å²) in [6.45, 7) is 2.61. The Hall–Kier alpha value is -1.95. The first-order valence-electron chi connectivity index (χ1n) is 7.99. The molecule has 0 bridgehead atoms. The molecule has 1 N–H and O–H groups in total. The van der Waals surface area contributed by atoms with E-state index in [1.165, 1.54) is 19.2 Å². The number of methoxy groups -OCH3 is 1. The molecule has 0 radical (unpaired) electrons. The second-order valence-corrected chi connectivity index (χ2v) is 6.91. The third-order valence-electron chi connectivity index (χ3n) is 4.06. The van der Waals surface area contributed by atoms with Gasteiger partial charge in [-0.15, -0.1) is 23.7 Å². The van der Waals surface area contributed by atoms with Gasteiger partial charge in [-0.05, 0) is 42.8 Å². The minimum Gasteiger partial charge on any atom is -0.494 e. The average molecular weight is 396 g/mol. The highest BCUT2D eigenvalue weighted by Gasteiger charge is 2.11. The van der Waals surface area contributed by atoms with Gasteiger partial charge in [-0.25, -0.2) is 8.78 Å². The Kier molecular flexibility index (Phi) is 7.14. The molecule has 0 aliphatic carbocycles. The Balaban J connectivity index is 0.00000243. The molecular formula is C20H20ClF2NOS. The molecule has 26 heavy (non-hydrogen) atoms. The first kappa shape index (κ1) is 20.4. The minimum atomic E-state index is -0.369. The molecule has 2 nitrogen and oxygen atoms in total. The van der Waals surface area contributed by atoms with E-state index in [4.69, 9.17) is 4.74 Å². The van der Waals surface area contributed by atoms with E-state index in [-0.39, 0.29) is 35.8 Å². The summed E-state index contributed by atoms with van der Waals surface area (Å²) in [7, 11) is 1.45. The van der Waals surface area contributed by atoms with Gasteiger partial charge in [0, 0.05) is 27.9 Å². The first-order chi connectivity index (χ1) is 12.1. The number of hydrogen-bond donors (Lipinski definition) is 1. The largest absolute Gasteiger partial charge is 0.494 e. The fourth-order valence-corrected chi connectivity index (χ4v) is 3.59. The highest BCUT2D eigenvalue weighted by atomic mass is 35.5. The quantitative estimate of drug-likeness (QED) is 0.554. The third-order valence-corrected chi connectivity index (χ3v) is 5.18. The topological polar surface area (TPSA) is 21.3 Å². The van der Waals surface area contributed by atoms with Gasteiger partial charge in [0.25, 0.3) is 0 Å². The van der Waals surface area contributed by atoms with Crippen molar-refractivity contribution in [1.82, 2.24) is 5.32 Å². The molecule has 1 heterocycles. The molecule has 0 aliphatic rings. The lowest BCUT2D eigenvalue weighted by molar-refractivity contribution is 0.385. The summed E-state index contributed by atoms with van der Waals surface area (Å²) >= 11 is 1.55. The SMILES string of the molecule is COc1ccc(C(C)NCc2ccc(-c3ccccc3F)s2)cc1F.Cl.